The van der Waals surface area contributed by atoms with Crippen LogP contribution in [0.4, 0.5) is 0 Å². The van der Waals surface area contributed by atoms with E-state index in [0.717, 1.165) is 39.1 Å². The maximum atomic E-state index is 5.96. The molecule has 5 nitrogen and oxygen atoms in total. The summed E-state index contributed by atoms with van der Waals surface area (Å²) in [5.74, 6) is 6.21. The maximum absolute atomic E-state index is 5.96. The van der Waals surface area contributed by atoms with Crippen molar-refractivity contribution in [2.75, 3.05) is 26.4 Å². The number of hydrogen-bond donors (Lipinski definition) is 2. The molecule has 0 aromatic carbocycles. The molecule has 2 fully saturated rings. The van der Waals surface area contributed by atoms with E-state index >= 15 is 0 Å². The van der Waals surface area contributed by atoms with E-state index in [4.69, 9.17) is 20.1 Å². The number of hydrogen-bond acceptors (Lipinski definition) is 5. The fourth-order valence-corrected chi connectivity index (χ4v) is 2.93. The van der Waals surface area contributed by atoms with E-state index in [1.807, 2.05) is 0 Å². The molecule has 0 saturated carbocycles. The lowest BCUT2D eigenvalue weighted by Crippen LogP contribution is -2.51. The van der Waals surface area contributed by atoms with Gasteiger partial charge < -0.3 is 14.2 Å². The van der Waals surface area contributed by atoms with E-state index in [9.17, 15) is 0 Å². The number of nitrogens with two attached hydrogens (primary N) is 1. The maximum Gasteiger partial charge on any atom is 0.0939 e. The lowest BCUT2D eigenvalue weighted by atomic mass is 9.81. The van der Waals surface area contributed by atoms with Crippen LogP contribution in [-0.4, -0.2) is 43.7 Å². The molecule has 2 rings (SSSR count). The molecule has 1 spiro atoms. The predicted octanol–water partition coefficient (Wildman–Crippen LogP) is 1.22. The zero-order valence-electron chi connectivity index (χ0n) is 12.4. The molecule has 3 atom stereocenters. The first-order chi connectivity index (χ1) is 8.94. The number of ether oxygens (including phenoxy) is 3. The molecule has 2 aliphatic heterocycles. The van der Waals surface area contributed by atoms with Crippen LogP contribution in [0.15, 0.2) is 0 Å². The van der Waals surface area contributed by atoms with Crippen LogP contribution in [-0.2, 0) is 14.2 Å². The second-order valence-corrected chi connectivity index (χ2v) is 6.78. The van der Waals surface area contributed by atoms with Crippen molar-refractivity contribution in [3.63, 3.8) is 0 Å². The SMILES string of the molecule is CC(C)(C)OCC(NN)C1CCOC2(CCOC2)C1. The zero-order chi connectivity index (χ0) is 13.9. The summed E-state index contributed by atoms with van der Waals surface area (Å²) in [5.41, 5.74) is 2.73. The first-order valence-electron chi connectivity index (χ1n) is 7.26. The molecule has 0 amide bonds. The Hall–Kier alpha value is -0.200. The molecule has 112 valence electrons. The van der Waals surface area contributed by atoms with Crippen LogP contribution < -0.4 is 11.3 Å². The Kier molecular flexibility index (Phi) is 4.84. The van der Waals surface area contributed by atoms with Crippen LogP contribution in [0.25, 0.3) is 0 Å². The second-order valence-electron chi connectivity index (χ2n) is 6.78. The van der Waals surface area contributed by atoms with Crippen molar-refractivity contribution in [2.24, 2.45) is 11.8 Å². The molecule has 0 aliphatic carbocycles. The highest BCUT2D eigenvalue weighted by atomic mass is 16.6. The Labute approximate surface area is 116 Å². The van der Waals surface area contributed by atoms with Gasteiger partial charge in [-0.25, -0.2) is 0 Å². The van der Waals surface area contributed by atoms with Gasteiger partial charge in [-0.15, -0.1) is 0 Å². The Morgan fingerprint density at radius 3 is 2.79 bits per heavy atom. The first kappa shape index (κ1) is 15.2. The van der Waals surface area contributed by atoms with Crippen LogP contribution in [0.3, 0.4) is 0 Å². The number of hydrazine groups is 1. The minimum atomic E-state index is -0.131. The monoisotopic (exact) mass is 272 g/mol. The molecule has 0 bridgehead atoms. The van der Waals surface area contributed by atoms with Crippen molar-refractivity contribution < 1.29 is 14.2 Å². The molecule has 2 aliphatic rings. The minimum Gasteiger partial charge on any atom is -0.378 e. The van der Waals surface area contributed by atoms with E-state index in [1.165, 1.54) is 0 Å². The lowest BCUT2D eigenvalue weighted by molar-refractivity contribution is -0.111. The zero-order valence-corrected chi connectivity index (χ0v) is 12.4. The summed E-state index contributed by atoms with van der Waals surface area (Å²) >= 11 is 0. The third-order valence-electron chi connectivity index (χ3n) is 4.08. The smallest absolute Gasteiger partial charge is 0.0939 e. The van der Waals surface area contributed by atoms with Crippen molar-refractivity contribution in [2.45, 2.75) is 57.3 Å². The van der Waals surface area contributed by atoms with Crippen molar-refractivity contribution in [1.82, 2.24) is 5.43 Å². The summed E-state index contributed by atoms with van der Waals surface area (Å²) in [5, 5.41) is 0. The van der Waals surface area contributed by atoms with Crippen LogP contribution in [0.2, 0.25) is 0 Å². The molecule has 0 aromatic rings. The first-order valence-corrected chi connectivity index (χ1v) is 7.26. The third kappa shape index (κ3) is 4.13. The van der Waals surface area contributed by atoms with E-state index < -0.39 is 0 Å². The van der Waals surface area contributed by atoms with Crippen molar-refractivity contribution in [3.05, 3.63) is 0 Å². The molecular weight excluding hydrogens is 244 g/mol. The van der Waals surface area contributed by atoms with Crippen molar-refractivity contribution >= 4 is 0 Å². The van der Waals surface area contributed by atoms with Crippen LogP contribution in [0, 0.1) is 5.92 Å². The predicted molar refractivity (Wildman–Crippen MR) is 73.7 cm³/mol. The van der Waals surface area contributed by atoms with Gasteiger partial charge in [-0.05, 0) is 39.5 Å². The standard InChI is InChI=1S/C14H28N2O3/c1-13(2,3)19-9-12(16-15)11-4-6-18-14(8-11)5-7-17-10-14/h11-12,16H,4-10,15H2,1-3H3. The van der Waals surface area contributed by atoms with Gasteiger partial charge in [-0.2, -0.15) is 0 Å². The summed E-state index contributed by atoms with van der Waals surface area (Å²) in [4.78, 5) is 0. The molecule has 2 heterocycles. The van der Waals surface area contributed by atoms with Crippen molar-refractivity contribution in [3.8, 4) is 0 Å². The Bertz CT molecular complexity index is 285. The van der Waals surface area contributed by atoms with E-state index in [-0.39, 0.29) is 17.2 Å². The molecule has 2 saturated heterocycles. The Morgan fingerprint density at radius 1 is 1.42 bits per heavy atom. The highest BCUT2D eigenvalue weighted by molar-refractivity contribution is 4.93. The Balaban J connectivity index is 1.90. The van der Waals surface area contributed by atoms with E-state index in [0.29, 0.717) is 12.5 Å². The average molecular weight is 272 g/mol. The molecule has 0 radical (unpaired) electrons. The summed E-state index contributed by atoms with van der Waals surface area (Å²) < 4.78 is 17.3. The highest BCUT2D eigenvalue weighted by Gasteiger charge is 2.43. The number of nitrogens with one attached hydrogen (secondary N) is 1. The van der Waals surface area contributed by atoms with Gasteiger partial charge in [0.05, 0.1) is 24.4 Å². The summed E-state index contributed by atoms with van der Waals surface area (Å²) in [7, 11) is 0. The average Bonchev–Trinajstić information content (AvgIpc) is 2.77. The molecule has 0 aromatic heterocycles. The minimum absolute atomic E-state index is 0.0697. The van der Waals surface area contributed by atoms with Crippen LogP contribution >= 0.6 is 0 Å². The summed E-state index contributed by atoms with van der Waals surface area (Å²) in [6.07, 6.45) is 3.04. The van der Waals surface area contributed by atoms with Gasteiger partial charge in [0.15, 0.2) is 0 Å². The molecule has 19 heavy (non-hydrogen) atoms. The Morgan fingerprint density at radius 2 is 2.21 bits per heavy atom. The van der Waals surface area contributed by atoms with Gasteiger partial charge in [0.1, 0.15) is 0 Å². The van der Waals surface area contributed by atoms with E-state index in [2.05, 4.69) is 26.2 Å². The van der Waals surface area contributed by atoms with Gasteiger partial charge >= 0.3 is 0 Å². The highest BCUT2D eigenvalue weighted by Crippen LogP contribution is 2.37. The van der Waals surface area contributed by atoms with Crippen LogP contribution in [0.1, 0.15) is 40.0 Å². The summed E-state index contributed by atoms with van der Waals surface area (Å²) in [6.45, 7) is 9.17. The largest absolute Gasteiger partial charge is 0.378 e. The van der Waals surface area contributed by atoms with Gasteiger partial charge in [-0.3, -0.25) is 11.3 Å². The lowest BCUT2D eigenvalue weighted by Gasteiger charge is -2.40. The normalized spacial score (nSPS) is 33.8. The fourth-order valence-electron chi connectivity index (χ4n) is 2.93. The third-order valence-corrected chi connectivity index (χ3v) is 4.08. The summed E-state index contributed by atoms with van der Waals surface area (Å²) in [6, 6.07) is 0.181. The van der Waals surface area contributed by atoms with E-state index in [1.54, 1.807) is 0 Å². The van der Waals surface area contributed by atoms with Gasteiger partial charge in [0, 0.05) is 25.7 Å². The molecular formula is C14H28N2O3. The van der Waals surface area contributed by atoms with Crippen molar-refractivity contribution in [1.29, 1.82) is 0 Å². The quantitative estimate of drug-likeness (QED) is 0.595. The van der Waals surface area contributed by atoms with Gasteiger partial charge in [-0.1, -0.05) is 0 Å². The second kappa shape index (κ2) is 6.06. The van der Waals surface area contributed by atoms with Gasteiger partial charge in [0.25, 0.3) is 0 Å². The molecule has 3 N–H and O–H groups in total. The number of rotatable bonds is 4. The topological polar surface area (TPSA) is 65.7 Å². The fraction of sp³-hybridized carbons (Fsp3) is 1.00. The van der Waals surface area contributed by atoms with Gasteiger partial charge in [0.2, 0.25) is 0 Å². The molecule has 3 unspecified atom stereocenters. The van der Waals surface area contributed by atoms with Crippen LogP contribution in [0.5, 0.6) is 0 Å². The molecule has 5 heteroatoms.